The molecule has 2 aromatic heterocycles. The fourth-order valence-electron chi connectivity index (χ4n) is 3.64. The smallest absolute Gasteiger partial charge is 0.253 e. The Morgan fingerprint density at radius 1 is 1.35 bits per heavy atom. The van der Waals surface area contributed by atoms with E-state index in [4.69, 9.17) is 16.2 Å². The Bertz CT molecular complexity index is 1070. The zero-order chi connectivity index (χ0) is 18.6. The van der Waals surface area contributed by atoms with Gasteiger partial charge in [-0.2, -0.15) is 4.98 Å². The van der Waals surface area contributed by atoms with Crippen LogP contribution in [0.1, 0.15) is 33.5 Å². The highest BCUT2D eigenvalue weighted by atomic mass is 16.5. The highest BCUT2D eigenvalue weighted by molar-refractivity contribution is 6.11. The third-order valence-electron chi connectivity index (χ3n) is 4.92. The maximum Gasteiger partial charge on any atom is 0.253 e. The van der Waals surface area contributed by atoms with Crippen molar-refractivity contribution in [1.29, 1.82) is 0 Å². The van der Waals surface area contributed by atoms with Crippen molar-refractivity contribution < 1.29 is 14.6 Å². The molecule has 0 spiro atoms. The van der Waals surface area contributed by atoms with E-state index in [2.05, 4.69) is 4.98 Å². The number of amides is 1. The van der Waals surface area contributed by atoms with E-state index in [1.54, 1.807) is 23.6 Å². The summed E-state index contributed by atoms with van der Waals surface area (Å²) in [5.41, 5.74) is 15.8. The number of pyridine rings is 1. The molecule has 0 unspecified atom stereocenters. The molecule has 1 aromatic carbocycles. The van der Waals surface area contributed by atoms with Gasteiger partial charge in [0, 0.05) is 16.5 Å². The van der Waals surface area contributed by atoms with E-state index < -0.39 is 5.91 Å². The quantitative estimate of drug-likeness (QED) is 0.654. The average molecular weight is 352 g/mol. The number of primary amides is 1. The zero-order valence-corrected chi connectivity index (χ0v) is 14.7. The Labute approximate surface area is 150 Å². The number of rotatable bonds is 2. The first kappa shape index (κ1) is 16.3. The highest BCUT2D eigenvalue weighted by Gasteiger charge is 2.26. The third kappa shape index (κ3) is 2.20. The van der Waals surface area contributed by atoms with Crippen LogP contribution in [0.25, 0.3) is 16.7 Å². The third-order valence-corrected chi connectivity index (χ3v) is 4.92. The first-order chi connectivity index (χ1) is 12.4. The number of aromatic hydroxyl groups is 1. The van der Waals surface area contributed by atoms with E-state index in [-0.39, 0.29) is 17.1 Å². The van der Waals surface area contributed by atoms with Crippen LogP contribution >= 0.6 is 0 Å². The number of fused-ring (bicyclic) bond motifs is 2. The molecule has 1 aliphatic heterocycles. The second-order valence-corrected chi connectivity index (χ2v) is 6.61. The number of hydrogen-bond donors (Lipinski definition) is 3. The normalized spacial score (nSPS) is 13.5. The van der Waals surface area contributed by atoms with Crippen molar-refractivity contribution in [2.75, 3.05) is 12.3 Å². The lowest BCUT2D eigenvalue weighted by atomic mass is 10.1. The number of carbonyl (C=O) groups is 1. The van der Waals surface area contributed by atoms with Crippen LogP contribution in [0.15, 0.2) is 18.2 Å². The number of aromatic nitrogens is 2. The summed E-state index contributed by atoms with van der Waals surface area (Å²) in [5.74, 6) is 0.287. The first-order valence-electron chi connectivity index (χ1n) is 8.46. The lowest BCUT2D eigenvalue weighted by Gasteiger charge is -2.18. The molecule has 5 N–H and O–H groups in total. The van der Waals surface area contributed by atoms with Gasteiger partial charge in [-0.25, -0.2) is 0 Å². The molecule has 0 fully saturated rings. The summed E-state index contributed by atoms with van der Waals surface area (Å²) in [6.07, 6.45) is 1.72. The molecular weight excluding hydrogens is 332 g/mol. The molecule has 0 aliphatic carbocycles. The van der Waals surface area contributed by atoms with Gasteiger partial charge in [0.1, 0.15) is 11.6 Å². The summed E-state index contributed by atoms with van der Waals surface area (Å²) in [5, 5.41) is 10.8. The molecule has 0 atom stereocenters. The summed E-state index contributed by atoms with van der Waals surface area (Å²) in [4.78, 5) is 16.7. The van der Waals surface area contributed by atoms with Gasteiger partial charge in [-0.3, -0.25) is 9.36 Å². The Balaban J connectivity index is 2.15. The van der Waals surface area contributed by atoms with Gasteiger partial charge >= 0.3 is 0 Å². The molecule has 4 rings (SSSR count). The molecule has 7 heteroatoms. The van der Waals surface area contributed by atoms with E-state index in [0.717, 1.165) is 24.0 Å². The topological polar surface area (TPSA) is 116 Å². The number of anilines is 1. The number of ether oxygens (including phenoxy) is 1. The number of nitrogens with zero attached hydrogens (tertiary/aromatic N) is 2. The number of phenolic OH excluding ortho intramolecular Hbond substituents is 1. The molecule has 0 bridgehead atoms. The van der Waals surface area contributed by atoms with Crippen LogP contribution in [-0.4, -0.2) is 27.2 Å². The first-order valence-corrected chi connectivity index (χ1v) is 8.46. The molecule has 26 heavy (non-hydrogen) atoms. The number of carbonyl (C=O) groups excluding carboxylic acids is 1. The molecule has 134 valence electrons. The molecule has 3 heterocycles. The highest BCUT2D eigenvalue weighted by Crippen LogP contribution is 2.38. The van der Waals surface area contributed by atoms with Crippen LogP contribution in [0.2, 0.25) is 0 Å². The van der Waals surface area contributed by atoms with Gasteiger partial charge in [0.25, 0.3) is 5.91 Å². The lowest BCUT2D eigenvalue weighted by molar-refractivity contribution is 0.100. The van der Waals surface area contributed by atoms with Gasteiger partial charge < -0.3 is 21.3 Å². The Kier molecular flexibility index (Phi) is 3.54. The lowest BCUT2D eigenvalue weighted by Crippen LogP contribution is -2.14. The van der Waals surface area contributed by atoms with Crippen LogP contribution in [0.3, 0.4) is 0 Å². The molecule has 1 aliphatic rings. The number of aryl methyl sites for hydroxylation is 2. The van der Waals surface area contributed by atoms with E-state index in [9.17, 15) is 9.90 Å². The predicted octanol–water partition coefficient (Wildman–Crippen LogP) is 2.35. The Morgan fingerprint density at radius 2 is 2.12 bits per heavy atom. The summed E-state index contributed by atoms with van der Waals surface area (Å²) in [7, 11) is 0. The standard InChI is InChI=1S/C19H20N4O3/c1-9-5-6-13(24)10(2)15(9)23-16(20)14(17(21)25)12-8-11-4-3-7-26-19(11)22-18(12)23/h5-6,8,24H,3-4,7,20H2,1-2H3,(H2,21,25). The predicted molar refractivity (Wildman–Crippen MR) is 99.0 cm³/mol. The van der Waals surface area contributed by atoms with Crippen LogP contribution < -0.4 is 16.2 Å². The Morgan fingerprint density at radius 3 is 2.85 bits per heavy atom. The van der Waals surface area contributed by atoms with Crippen molar-refractivity contribution in [2.45, 2.75) is 26.7 Å². The van der Waals surface area contributed by atoms with Gasteiger partial charge in [-0.15, -0.1) is 0 Å². The molecular formula is C19H20N4O3. The van der Waals surface area contributed by atoms with Crippen LogP contribution in [-0.2, 0) is 6.42 Å². The van der Waals surface area contributed by atoms with Crippen molar-refractivity contribution in [3.05, 3.63) is 40.5 Å². The number of nitrogens with two attached hydrogens (primary N) is 2. The minimum Gasteiger partial charge on any atom is -0.508 e. The van der Waals surface area contributed by atoms with Crippen molar-refractivity contribution in [1.82, 2.24) is 9.55 Å². The van der Waals surface area contributed by atoms with E-state index in [0.29, 0.717) is 34.8 Å². The summed E-state index contributed by atoms with van der Waals surface area (Å²) in [6.45, 7) is 4.31. The van der Waals surface area contributed by atoms with Crippen LogP contribution in [0, 0.1) is 13.8 Å². The molecule has 7 nitrogen and oxygen atoms in total. The Hall–Kier alpha value is -3.22. The van der Waals surface area contributed by atoms with E-state index >= 15 is 0 Å². The zero-order valence-electron chi connectivity index (χ0n) is 14.7. The van der Waals surface area contributed by atoms with Gasteiger partial charge in [0.2, 0.25) is 5.88 Å². The SMILES string of the molecule is Cc1ccc(O)c(C)c1-n1c(N)c(C(N)=O)c2cc3c(nc21)OCCC3. The largest absolute Gasteiger partial charge is 0.508 e. The monoisotopic (exact) mass is 352 g/mol. The fourth-order valence-corrected chi connectivity index (χ4v) is 3.64. The summed E-state index contributed by atoms with van der Waals surface area (Å²) in [6, 6.07) is 5.31. The average Bonchev–Trinajstić information content (AvgIpc) is 2.88. The van der Waals surface area contributed by atoms with Crippen molar-refractivity contribution >= 4 is 22.8 Å². The van der Waals surface area contributed by atoms with Gasteiger partial charge in [-0.05, 0) is 44.4 Å². The molecule has 3 aromatic rings. The van der Waals surface area contributed by atoms with Crippen LogP contribution in [0.5, 0.6) is 11.6 Å². The second kappa shape index (κ2) is 5.66. The number of hydrogen-bond acceptors (Lipinski definition) is 5. The molecule has 0 saturated carbocycles. The van der Waals surface area contributed by atoms with E-state index in [1.165, 1.54) is 0 Å². The number of benzene rings is 1. The minimum absolute atomic E-state index is 0.140. The molecule has 0 radical (unpaired) electrons. The maximum absolute atomic E-state index is 12.1. The van der Waals surface area contributed by atoms with Gasteiger partial charge in [-0.1, -0.05) is 6.07 Å². The van der Waals surface area contributed by atoms with Crippen molar-refractivity contribution in [3.8, 4) is 17.3 Å². The maximum atomic E-state index is 12.1. The van der Waals surface area contributed by atoms with Gasteiger partial charge in [0.15, 0.2) is 5.65 Å². The van der Waals surface area contributed by atoms with Crippen LogP contribution in [0.4, 0.5) is 5.82 Å². The van der Waals surface area contributed by atoms with Crippen molar-refractivity contribution in [3.63, 3.8) is 0 Å². The summed E-state index contributed by atoms with van der Waals surface area (Å²) >= 11 is 0. The minimum atomic E-state index is -0.611. The number of nitrogen functional groups attached to an aromatic ring is 1. The van der Waals surface area contributed by atoms with Crippen molar-refractivity contribution in [2.24, 2.45) is 5.73 Å². The molecule has 1 amide bonds. The molecule has 0 saturated heterocycles. The second-order valence-electron chi connectivity index (χ2n) is 6.61. The van der Waals surface area contributed by atoms with Gasteiger partial charge in [0.05, 0.1) is 17.9 Å². The fraction of sp³-hybridized carbons (Fsp3) is 0.263. The summed E-state index contributed by atoms with van der Waals surface area (Å²) < 4.78 is 7.36. The van der Waals surface area contributed by atoms with E-state index in [1.807, 2.05) is 13.0 Å². The number of phenols is 1.